The van der Waals surface area contributed by atoms with Crippen molar-refractivity contribution in [2.24, 2.45) is 7.05 Å². The van der Waals surface area contributed by atoms with E-state index in [4.69, 9.17) is 0 Å². The van der Waals surface area contributed by atoms with Gasteiger partial charge in [-0.1, -0.05) is 0 Å². The highest BCUT2D eigenvalue weighted by Crippen LogP contribution is 2.22. The fourth-order valence-corrected chi connectivity index (χ4v) is 3.35. The number of hydrogen-bond donors (Lipinski definition) is 1. The predicted octanol–water partition coefficient (Wildman–Crippen LogP) is 1.27. The second-order valence-electron chi connectivity index (χ2n) is 6.01. The maximum Gasteiger partial charge on any atom is 0.209 e. The normalized spacial score (nSPS) is 14.3. The fraction of sp³-hybridized carbons (Fsp3) is 0.467. The molecule has 0 amide bonds. The van der Waals surface area contributed by atoms with Gasteiger partial charge in [-0.3, -0.25) is 14.6 Å². The van der Waals surface area contributed by atoms with Gasteiger partial charge in [0.25, 0.3) is 0 Å². The monoisotopic (exact) mass is 407 g/mol. The summed E-state index contributed by atoms with van der Waals surface area (Å²) in [6, 6.07) is 0. The summed E-state index contributed by atoms with van der Waals surface area (Å²) in [6.45, 7) is 2.93. The Labute approximate surface area is 160 Å². The first-order valence-electron chi connectivity index (χ1n) is 7.50. The number of fused-ring (bicyclic) bond motifs is 1. The van der Waals surface area contributed by atoms with Crippen molar-refractivity contribution in [3.63, 3.8) is 0 Å². The summed E-state index contributed by atoms with van der Waals surface area (Å²) in [7, 11) is -1.28. The van der Waals surface area contributed by atoms with E-state index in [2.05, 4.69) is 19.7 Å². The van der Waals surface area contributed by atoms with Crippen molar-refractivity contribution in [1.29, 1.82) is 0 Å². The van der Waals surface area contributed by atoms with Crippen LogP contribution in [0.3, 0.4) is 0 Å². The van der Waals surface area contributed by atoms with Crippen molar-refractivity contribution in [1.82, 2.24) is 24.4 Å². The van der Waals surface area contributed by atoms with E-state index in [0.717, 1.165) is 31.6 Å². The zero-order chi connectivity index (χ0) is 16.4. The van der Waals surface area contributed by atoms with E-state index in [1.165, 1.54) is 22.9 Å². The number of halogens is 2. The minimum absolute atomic E-state index is 0. The van der Waals surface area contributed by atoms with E-state index in [-0.39, 0.29) is 24.8 Å². The van der Waals surface area contributed by atoms with Gasteiger partial charge in [0.15, 0.2) is 0 Å². The smallest absolute Gasteiger partial charge is 0.209 e. The molecular weight excluding hydrogens is 385 g/mol. The Kier molecular flexibility index (Phi) is 7.83. The third-order valence-electron chi connectivity index (χ3n) is 4.00. The lowest BCUT2D eigenvalue weighted by atomic mass is 9.97. The van der Waals surface area contributed by atoms with Gasteiger partial charge in [0.2, 0.25) is 10.0 Å². The highest BCUT2D eigenvalue weighted by atomic mass is 35.5. The molecule has 0 aromatic carbocycles. The maximum absolute atomic E-state index is 11.3. The average Bonchev–Trinajstić information content (AvgIpc) is 2.89. The molecule has 2 aromatic heterocycles. The largest absolute Gasteiger partial charge is 0.294 e. The number of rotatable bonds is 5. The first-order valence-corrected chi connectivity index (χ1v) is 9.39. The van der Waals surface area contributed by atoms with Crippen LogP contribution in [0.2, 0.25) is 0 Å². The molecule has 0 aliphatic carbocycles. The second-order valence-corrected chi connectivity index (χ2v) is 7.85. The third-order valence-corrected chi connectivity index (χ3v) is 4.67. The van der Waals surface area contributed by atoms with Crippen LogP contribution in [0.5, 0.6) is 0 Å². The highest BCUT2D eigenvalue weighted by Gasteiger charge is 2.20. The molecule has 0 unspecified atom stereocenters. The lowest BCUT2D eigenvalue weighted by Gasteiger charge is -2.29. The van der Waals surface area contributed by atoms with Crippen molar-refractivity contribution >= 4 is 34.8 Å². The highest BCUT2D eigenvalue weighted by molar-refractivity contribution is 7.88. The van der Waals surface area contributed by atoms with Gasteiger partial charge in [-0.2, -0.15) is 5.10 Å². The van der Waals surface area contributed by atoms with Crippen molar-refractivity contribution < 1.29 is 8.42 Å². The molecule has 1 N–H and O–H groups in total. The summed E-state index contributed by atoms with van der Waals surface area (Å²) in [5, 5.41) is 4.20. The van der Waals surface area contributed by atoms with Crippen LogP contribution in [-0.4, -0.2) is 40.9 Å². The van der Waals surface area contributed by atoms with Crippen molar-refractivity contribution in [3.8, 4) is 0 Å². The number of nitrogens with zero attached hydrogens (tertiary/aromatic N) is 4. The number of sulfonamides is 1. The van der Waals surface area contributed by atoms with Crippen LogP contribution in [0.15, 0.2) is 24.8 Å². The zero-order valence-electron chi connectivity index (χ0n) is 14.2. The molecule has 0 radical (unpaired) electrons. The molecular formula is C15H23Cl2N5O2S. The Hall–Kier alpha value is -1.19. The Morgan fingerprint density at radius 3 is 2.64 bits per heavy atom. The van der Waals surface area contributed by atoms with Gasteiger partial charge in [-0.25, -0.2) is 13.1 Å². The fourth-order valence-electron chi connectivity index (χ4n) is 2.93. The molecule has 10 heteroatoms. The predicted molar refractivity (Wildman–Crippen MR) is 101 cm³/mol. The third kappa shape index (κ3) is 5.93. The lowest BCUT2D eigenvalue weighted by molar-refractivity contribution is 0.244. The molecule has 140 valence electrons. The van der Waals surface area contributed by atoms with Crippen LogP contribution in [0.4, 0.5) is 0 Å². The molecule has 3 rings (SSSR count). The van der Waals surface area contributed by atoms with Crippen LogP contribution in [0.25, 0.3) is 0 Å². The van der Waals surface area contributed by atoms with Crippen LogP contribution in [0, 0.1) is 0 Å². The molecule has 2 aromatic rings. The number of aryl methyl sites for hydroxylation is 1. The summed E-state index contributed by atoms with van der Waals surface area (Å²) in [5.41, 5.74) is 4.55. The molecule has 1 aliphatic rings. The van der Waals surface area contributed by atoms with Crippen molar-refractivity contribution in [2.75, 3.05) is 12.8 Å². The molecule has 0 saturated carbocycles. The van der Waals surface area contributed by atoms with E-state index in [1.54, 1.807) is 6.20 Å². The van der Waals surface area contributed by atoms with E-state index in [1.807, 2.05) is 30.3 Å². The summed E-state index contributed by atoms with van der Waals surface area (Å²) in [6.07, 6.45) is 9.63. The number of aromatic nitrogens is 3. The second kappa shape index (κ2) is 8.95. The van der Waals surface area contributed by atoms with E-state index in [0.29, 0.717) is 6.54 Å². The van der Waals surface area contributed by atoms with Gasteiger partial charge in [-0.05, 0) is 23.1 Å². The number of nitrogens with one attached hydrogen (secondary N) is 1. The molecule has 0 bridgehead atoms. The van der Waals surface area contributed by atoms with Crippen LogP contribution in [-0.2, 0) is 43.1 Å². The molecule has 0 saturated heterocycles. The standard InChI is InChI=1S/C15H21N5O2S.2ClH/c1-19-9-12(5-17-19)10-20-4-3-15-13(8-18-23(2,21)22)6-16-7-14(15)11-20;;/h5-7,9,18H,3-4,8,10-11H2,1-2H3;2*1H. The van der Waals surface area contributed by atoms with Crippen LogP contribution < -0.4 is 4.72 Å². The first kappa shape index (κ1) is 21.9. The van der Waals surface area contributed by atoms with Gasteiger partial charge in [-0.15, -0.1) is 24.8 Å². The number of pyridine rings is 1. The minimum atomic E-state index is -3.20. The molecule has 7 nitrogen and oxygen atoms in total. The first-order chi connectivity index (χ1) is 10.9. The number of hydrogen-bond acceptors (Lipinski definition) is 5. The molecule has 0 atom stereocenters. The Morgan fingerprint density at radius 1 is 1.24 bits per heavy atom. The van der Waals surface area contributed by atoms with Crippen LogP contribution in [0.1, 0.15) is 22.3 Å². The maximum atomic E-state index is 11.3. The molecule has 0 spiro atoms. The summed E-state index contributed by atoms with van der Waals surface area (Å²) < 4.78 is 26.9. The molecule has 0 fully saturated rings. The minimum Gasteiger partial charge on any atom is -0.294 e. The quantitative estimate of drug-likeness (QED) is 0.806. The van der Waals surface area contributed by atoms with Crippen molar-refractivity contribution in [2.45, 2.75) is 26.1 Å². The lowest BCUT2D eigenvalue weighted by Crippen LogP contribution is -2.31. The Bertz CT molecular complexity index is 810. The Morgan fingerprint density at radius 2 is 2.00 bits per heavy atom. The van der Waals surface area contributed by atoms with Gasteiger partial charge in [0.05, 0.1) is 12.5 Å². The van der Waals surface area contributed by atoms with Gasteiger partial charge < -0.3 is 0 Å². The van der Waals surface area contributed by atoms with E-state index < -0.39 is 10.0 Å². The van der Waals surface area contributed by atoms with Crippen LogP contribution >= 0.6 is 24.8 Å². The summed E-state index contributed by atoms with van der Waals surface area (Å²) in [5.74, 6) is 0. The average molecular weight is 408 g/mol. The topological polar surface area (TPSA) is 80.1 Å². The molecule has 1 aliphatic heterocycles. The van der Waals surface area contributed by atoms with Crippen molar-refractivity contribution in [3.05, 3.63) is 47.0 Å². The summed E-state index contributed by atoms with van der Waals surface area (Å²) >= 11 is 0. The van der Waals surface area contributed by atoms with E-state index in [9.17, 15) is 8.42 Å². The molecule has 3 heterocycles. The van der Waals surface area contributed by atoms with E-state index >= 15 is 0 Å². The van der Waals surface area contributed by atoms with Gasteiger partial charge >= 0.3 is 0 Å². The Balaban J connectivity index is 0.00000156. The zero-order valence-corrected chi connectivity index (χ0v) is 16.6. The van der Waals surface area contributed by atoms with Gasteiger partial charge in [0.1, 0.15) is 0 Å². The SMILES string of the molecule is Cl.Cl.Cn1cc(CN2CCc3c(CNS(C)(=O)=O)cncc3C2)cn1. The molecule has 25 heavy (non-hydrogen) atoms. The van der Waals surface area contributed by atoms with Gasteiger partial charge in [0, 0.05) is 57.4 Å². The summed E-state index contributed by atoms with van der Waals surface area (Å²) in [4.78, 5) is 6.62.